The highest BCUT2D eigenvalue weighted by atomic mass is 32.1. The quantitative estimate of drug-likeness (QED) is 0.898. The fourth-order valence-electron chi connectivity index (χ4n) is 3.22. The van der Waals surface area contributed by atoms with Gasteiger partial charge in [-0.1, -0.05) is 13.3 Å². The number of aryl methyl sites for hydroxylation is 1. The second kappa shape index (κ2) is 5.90. The van der Waals surface area contributed by atoms with Crippen LogP contribution in [0.25, 0.3) is 0 Å². The molecule has 1 aromatic heterocycles. The molecule has 1 N–H and O–H groups in total. The molecule has 1 aromatic rings. The van der Waals surface area contributed by atoms with Crippen molar-refractivity contribution >= 4 is 11.3 Å². The van der Waals surface area contributed by atoms with E-state index in [-0.39, 0.29) is 0 Å². The smallest absolute Gasteiger partial charge is 0.107 e. The molecule has 0 spiro atoms. The van der Waals surface area contributed by atoms with E-state index in [1.54, 1.807) is 0 Å². The van der Waals surface area contributed by atoms with E-state index in [1.165, 1.54) is 49.5 Å². The molecule has 2 atom stereocenters. The Bertz CT molecular complexity index is 413. The van der Waals surface area contributed by atoms with Gasteiger partial charge < -0.3 is 5.32 Å². The van der Waals surface area contributed by atoms with Gasteiger partial charge in [-0.3, -0.25) is 4.90 Å². The summed E-state index contributed by atoms with van der Waals surface area (Å²) in [7, 11) is 0. The van der Waals surface area contributed by atoms with Crippen LogP contribution in [0.3, 0.4) is 0 Å². The molecule has 2 aliphatic rings. The normalized spacial score (nSPS) is 28.7. The number of aromatic nitrogens is 1. The minimum absolute atomic E-state index is 0.682. The predicted molar refractivity (Wildman–Crippen MR) is 80.5 cm³/mol. The van der Waals surface area contributed by atoms with Crippen molar-refractivity contribution in [3.8, 4) is 0 Å². The van der Waals surface area contributed by atoms with Crippen molar-refractivity contribution < 1.29 is 0 Å². The van der Waals surface area contributed by atoms with Crippen LogP contribution in [0.5, 0.6) is 0 Å². The van der Waals surface area contributed by atoms with E-state index < -0.39 is 0 Å². The zero-order chi connectivity index (χ0) is 13.2. The fraction of sp³-hybridized carbons (Fsp3) is 0.800. The Labute approximate surface area is 120 Å². The monoisotopic (exact) mass is 279 g/mol. The highest BCUT2D eigenvalue weighted by Gasteiger charge is 2.38. The minimum atomic E-state index is 0.682. The van der Waals surface area contributed by atoms with Crippen LogP contribution < -0.4 is 5.32 Å². The molecule has 0 amide bonds. The van der Waals surface area contributed by atoms with Crippen LogP contribution in [0, 0.1) is 12.8 Å². The molecule has 2 fully saturated rings. The molecule has 19 heavy (non-hydrogen) atoms. The first-order chi connectivity index (χ1) is 9.26. The lowest BCUT2D eigenvalue weighted by atomic mass is 10.0. The predicted octanol–water partition coefficient (Wildman–Crippen LogP) is 2.80. The average Bonchev–Trinajstić information content (AvgIpc) is 3.14. The summed E-state index contributed by atoms with van der Waals surface area (Å²) in [5, 5.41) is 7.22. The molecule has 0 radical (unpaired) electrons. The molecular formula is C15H25N3S. The minimum Gasteiger partial charge on any atom is -0.311 e. The summed E-state index contributed by atoms with van der Waals surface area (Å²) < 4.78 is 0. The maximum Gasteiger partial charge on any atom is 0.107 e. The fourth-order valence-corrected chi connectivity index (χ4v) is 4.01. The van der Waals surface area contributed by atoms with Crippen molar-refractivity contribution in [2.24, 2.45) is 5.92 Å². The van der Waals surface area contributed by atoms with Crippen LogP contribution in [0.15, 0.2) is 5.38 Å². The van der Waals surface area contributed by atoms with Gasteiger partial charge in [-0.2, -0.15) is 0 Å². The van der Waals surface area contributed by atoms with Crippen molar-refractivity contribution in [2.75, 3.05) is 13.1 Å². The van der Waals surface area contributed by atoms with Gasteiger partial charge in [0.05, 0.1) is 6.54 Å². The number of hydrogen-bond acceptors (Lipinski definition) is 4. The van der Waals surface area contributed by atoms with Gasteiger partial charge >= 0.3 is 0 Å². The SMILES string of the molecule is CCCC1CN(Cc2nc(C)cs2)C(C2CC2)CN1. The molecule has 1 aliphatic carbocycles. The van der Waals surface area contributed by atoms with E-state index in [2.05, 4.69) is 34.4 Å². The Morgan fingerprint density at radius 3 is 2.95 bits per heavy atom. The molecule has 0 bridgehead atoms. The number of thiazole rings is 1. The van der Waals surface area contributed by atoms with Gasteiger partial charge in [-0.05, 0) is 32.1 Å². The molecule has 4 heteroatoms. The van der Waals surface area contributed by atoms with Crippen LogP contribution in [-0.2, 0) is 6.54 Å². The number of nitrogens with zero attached hydrogens (tertiary/aromatic N) is 2. The standard InChI is InChI=1S/C15H25N3S/c1-3-4-13-8-18(9-15-17-11(2)10-19-15)14(7-16-13)12-5-6-12/h10,12-14,16H,3-9H2,1-2H3. The second-order valence-electron chi connectivity index (χ2n) is 6.11. The maximum absolute atomic E-state index is 4.65. The molecule has 1 aliphatic heterocycles. The Morgan fingerprint density at radius 2 is 2.32 bits per heavy atom. The third-order valence-corrected chi connectivity index (χ3v) is 5.30. The molecule has 2 heterocycles. The molecule has 1 saturated heterocycles. The van der Waals surface area contributed by atoms with E-state index in [4.69, 9.17) is 0 Å². The summed E-state index contributed by atoms with van der Waals surface area (Å²) in [4.78, 5) is 7.35. The van der Waals surface area contributed by atoms with Crippen LogP contribution in [0.1, 0.15) is 43.3 Å². The topological polar surface area (TPSA) is 28.2 Å². The van der Waals surface area contributed by atoms with E-state index in [0.717, 1.165) is 18.5 Å². The maximum atomic E-state index is 4.65. The lowest BCUT2D eigenvalue weighted by Gasteiger charge is -2.40. The molecular weight excluding hydrogens is 254 g/mol. The van der Waals surface area contributed by atoms with Crippen LogP contribution in [0.4, 0.5) is 0 Å². The Morgan fingerprint density at radius 1 is 1.47 bits per heavy atom. The van der Waals surface area contributed by atoms with Crippen molar-refractivity contribution in [3.05, 3.63) is 16.1 Å². The molecule has 2 unspecified atom stereocenters. The molecule has 3 nitrogen and oxygen atoms in total. The van der Waals surface area contributed by atoms with Gasteiger partial charge in [0.2, 0.25) is 0 Å². The third-order valence-electron chi connectivity index (χ3n) is 4.35. The van der Waals surface area contributed by atoms with Crippen molar-refractivity contribution in [1.82, 2.24) is 15.2 Å². The largest absolute Gasteiger partial charge is 0.311 e. The first-order valence-corrected chi connectivity index (χ1v) is 8.52. The second-order valence-corrected chi connectivity index (χ2v) is 7.05. The highest BCUT2D eigenvalue weighted by molar-refractivity contribution is 7.09. The van der Waals surface area contributed by atoms with Gasteiger partial charge in [0.25, 0.3) is 0 Å². The van der Waals surface area contributed by atoms with Crippen molar-refractivity contribution in [3.63, 3.8) is 0 Å². The van der Waals surface area contributed by atoms with Gasteiger partial charge in [0.15, 0.2) is 0 Å². The summed E-state index contributed by atoms with van der Waals surface area (Å²) in [5.74, 6) is 0.941. The zero-order valence-electron chi connectivity index (χ0n) is 12.1. The van der Waals surface area contributed by atoms with Gasteiger partial charge in [-0.15, -0.1) is 11.3 Å². The third kappa shape index (κ3) is 3.36. The summed E-state index contributed by atoms with van der Waals surface area (Å²) in [6.45, 7) is 7.81. The van der Waals surface area contributed by atoms with E-state index >= 15 is 0 Å². The lowest BCUT2D eigenvalue weighted by molar-refractivity contribution is 0.104. The molecule has 106 valence electrons. The number of rotatable bonds is 5. The van der Waals surface area contributed by atoms with Crippen LogP contribution in [0.2, 0.25) is 0 Å². The van der Waals surface area contributed by atoms with E-state index in [1.807, 2.05) is 11.3 Å². The zero-order valence-corrected chi connectivity index (χ0v) is 12.9. The summed E-state index contributed by atoms with van der Waals surface area (Å²) in [5.41, 5.74) is 1.17. The summed E-state index contributed by atoms with van der Waals surface area (Å²) in [6.07, 6.45) is 5.43. The lowest BCUT2D eigenvalue weighted by Crippen LogP contribution is -2.56. The van der Waals surface area contributed by atoms with Crippen molar-refractivity contribution in [2.45, 2.75) is 58.2 Å². The Hall–Kier alpha value is -0.450. The van der Waals surface area contributed by atoms with Gasteiger partial charge in [-0.25, -0.2) is 4.98 Å². The molecule has 0 aromatic carbocycles. The number of piperazine rings is 1. The van der Waals surface area contributed by atoms with Crippen molar-refractivity contribution in [1.29, 1.82) is 0 Å². The summed E-state index contributed by atoms with van der Waals surface area (Å²) in [6, 6.07) is 1.43. The van der Waals surface area contributed by atoms with Gasteiger partial charge in [0, 0.05) is 36.2 Å². The van der Waals surface area contributed by atoms with E-state index in [0.29, 0.717) is 6.04 Å². The molecule has 1 saturated carbocycles. The van der Waals surface area contributed by atoms with Crippen LogP contribution in [-0.4, -0.2) is 35.1 Å². The first kappa shape index (κ1) is 13.5. The number of hydrogen-bond donors (Lipinski definition) is 1. The van der Waals surface area contributed by atoms with Crippen LogP contribution >= 0.6 is 11.3 Å². The van der Waals surface area contributed by atoms with E-state index in [9.17, 15) is 0 Å². The molecule has 3 rings (SSSR count). The van der Waals surface area contributed by atoms with Gasteiger partial charge in [0.1, 0.15) is 5.01 Å². The Kier molecular flexibility index (Phi) is 4.20. The highest BCUT2D eigenvalue weighted by Crippen LogP contribution is 2.37. The first-order valence-electron chi connectivity index (χ1n) is 7.64. The Balaban J connectivity index is 1.66. The average molecular weight is 279 g/mol. The number of nitrogens with one attached hydrogen (secondary N) is 1. The summed E-state index contributed by atoms with van der Waals surface area (Å²) >= 11 is 1.82.